The Labute approximate surface area is 119 Å². The molecule has 0 aromatic carbocycles. The predicted molar refractivity (Wildman–Crippen MR) is 75.2 cm³/mol. The molecule has 1 aliphatic heterocycles. The van der Waals surface area contributed by atoms with Crippen molar-refractivity contribution in [1.29, 1.82) is 0 Å². The topological polar surface area (TPSA) is 58.4 Å². The lowest BCUT2D eigenvalue weighted by atomic mass is 9.70. The Hall–Kier alpha value is -1.36. The van der Waals surface area contributed by atoms with Crippen LogP contribution in [0, 0.1) is 11.3 Å². The second-order valence-corrected chi connectivity index (χ2v) is 6.52. The van der Waals surface area contributed by atoms with Crippen LogP contribution in [0.4, 0.5) is 0 Å². The van der Waals surface area contributed by atoms with Crippen LogP contribution in [0.1, 0.15) is 38.4 Å². The van der Waals surface area contributed by atoms with Crippen LogP contribution < -0.4 is 0 Å². The quantitative estimate of drug-likeness (QED) is 0.918. The molecule has 1 aromatic heterocycles. The maximum Gasteiger partial charge on any atom is 0.310 e. The lowest BCUT2D eigenvalue weighted by Crippen LogP contribution is -2.47. The van der Waals surface area contributed by atoms with Crippen molar-refractivity contribution in [2.24, 2.45) is 11.3 Å². The zero-order chi connectivity index (χ0) is 14.2. The second-order valence-electron chi connectivity index (χ2n) is 6.52. The van der Waals surface area contributed by atoms with E-state index in [1.54, 1.807) is 0 Å². The van der Waals surface area contributed by atoms with Gasteiger partial charge in [-0.15, -0.1) is 0 Å². The third kappa shape index (κ3) is 2.46. The van der Waals surface area contributed by atoms with Gasteiger partial charge < -0.3 is 9.67 Å². The molecule has 0 radical (unpaired) electrons. The van der Waals surface area contributed by atoms with Gasteiger partial charge in [0.15, 0.2) is 0 Å². The lowest BCUT2D eigenvalue weighted by molar-refractivity contribution is -0.153. The van der Waals surface area contributed by atoms with Gasteiger partial charge in [-0.1, -0.05) is 6.92 Å². The number of carboxylic acid groups (broad SMARTS) is 1. The lowest BCUT2D eigenvalue weighted by Gasteiger charge is -2.40. The molecule has 2 aliphatic rings. The van der Waals surface area contributed by atoms with Gasteiger partial charge >= 0.3 is 5.97 Å². The normalized spacial score (nSPS) is 30.9. The number of carboxylic acids is 1. The number of nitrogens with zero attached hydrogens (tertiary/aromatic N) is 3. The Kier molecular flexibility index (Phi) is 3.54. The number of imidazole rings is 1. The first-order valence-corrected chi connectivity index (χ1v) is 7.55. The molecule has 1 aliphatic carbocycles. The van der Waals surface area contributed by atoms with Crippen LogP contribution in [0.25, 0.3) is 0 Å². The van der Waals surface area contributed by atoms with Crippen LogP contribution in [0.2, 0.25) is 0 Å². The molecule has 20 heavy (non-hydrogen) atoms. The van der Waals surface area contributed by atoms with Crippen LogP contribution in [-0.2, 0) is 17.9 Å². The summed E-state index contributed by atoms with van der Waals surface area (Å²) in [6.07, 6.45) is 7.53. The van der Waals surface area contributed by atoms with E-state index >= 15 is 0 Å². The average Bonchev–Trinajstić information content (AvgIpc) is 2.89. The summed E-state index contributed by atoms with van der Waals surface area (Å²) in [5, 5.41) is 9.71. The molecular weight excluding hydrogens is 254 g/mol. The van der Waals surface area contributed by atoms with Crippen LogP contribution >= 0.6 is 0 Å². The average molecular weight is 277 g/mol. The second kappa shape index (κ2) is 5.20. The van der Waals surface area contributed by atoms with E-state index in [-0.39, 0.29) is 0 Å². The molecule has 0 spiro atoms. The van der Waals surface area contributed by atoms with Gasteiger partial charge in [-0.05, 0) is 31.6 Å². The van der Waals surface area contributed by atoms with E-state index in [1.807, 2.05) is 12.4 Å². The Bertz CT molecular complexity index is 489. The molecule has 0 saturated heterocycles. The number of hydrogen-bond acceptors (Lipinski definition) is 3. The highest BCUT2D eigenvalue weighted by molar-refractivity contribution is 5.75. The van der Waals surface area contributed by atoms with Crippen molar-refractivity contribution in [2.45, 2.75) is 45.7 Å². The van der Waals surface area contributed by atoms with Crippen LogP contribution in [0.15, 0.2) is 12.4 Å². The minimum atomic E-state index is -0.613. The third-order valence-corrected chi connectivity index (χ3v) is 5.04. The molecule has 3 rings (SSSR count). The predicted octanol–water partition coefficient (Wildman–Crippen LogP) is 1.98. The molecule has 1 N–H and O–H groups in total. The van der Waals surface area contributed by atoms with E-state index in [0.717, 1.165) is 51.1 Å². The largest absolute Gasteiger partial charge is 0.481 e. The van der Waals surface area contributed by atoms with Gasteiger partial charge in [-0.2, -0.15) is 0 Å². The summed E-state index contributed by atoms with van der Waals surface area (Å²) in [6.45, 7) is 5.51. The number of aliphatic carboxylic acids is 1. The summed E-state index contributed by atoms with van der Waals surface area (Å²) in [4.78, 5) is 18.4. The van der Waals surface area contributed by atoms with E-state index in [2.05, 4.69) is 21.4 Å². The van der Waals surface area contributed by atoms with Crippen molar-refractivity contribution in [3.63, 3.8) is 0 Å². The molecule has 2 heterocycles. The fourth-order valence-electron chi connectivity index (χ4n) is 3.54. The molecule has 1 aromatic rings. The molecular formula is C15H23N3O2. The number of rotatable bonds is 3. The first-order valence-electron chi connectivity index (χ1n) is 7.55. The van der Waals surface area contributed by atoms with E-state index in [0.29, 0.717) is 12.5 Å². The van der Waals surface area contributed by atoms with Crippen molar-refractivity contribution < 1.29 is 9.90 Å². The fraction of sp³-hybridized carbons (Fsp3) is 0.733. The van der Waals surface area contributed by atoms with Gasteiger partial charge in [0.25, 0.3) is 0 Å². The minimum absolute atomic E-state index is 0.540. The van der Waals surface area contributed by atoms with Gasteiger partial charge in [0.05, 0.1) is 12.0 Å². The Balaban J connectivity index is 1.70. The van der Waals surface area contributed by atoms with Crippen molar-refractivity contribution in [3.8, 4) is 0 Å². The Morgan fingerprint density at radius 3 is 2.90 bits per heavy atom. The van der Waals surface area contributed by atoms with Gasteiger partial charge in [0, 0.05) is 32.0 Å². The molecule has 0 amide bonds. The Morgan fingerprint density at radius 1 is 1.45 bits per heavy atom. The fourth-order valence-corrected chi connectivity index (χ4v) is 3.54. The minimum Gasteiger partial charge on any atom is -0.481 e. The SMILES string of the molecule is CC1CCC(CN2CCn3ccnc3C2)(C(=O)O)CC1. The van der Waals surface area contributed by atoms with Crippen LogP contribution in [0.5, 0.6) is 0 Å². The number of hydrogen-bond donors (Lipinski definition) is 1. The molecule has 0 unspecified atom stereocenters. The number of carbonyl (C=O) groups is 1. The monoisotopic (exact) mass is 277 g/mol. The molecule has 1 fully saturated rings. The number of aromatic nitrogens is 2. The van der Waals surface area contributed by atoms with Crippen molar-refractivity contribution in [2.75, 3.05) is 13.1 Å². The molecule has 5 heteroatoms. The zero-order valence-electron chi connectivity index (χ0n) is 12.1. The van der Waals surface area contributed by atoms with E-state index in [1.165, 1.54) is 0 Å². The van der Waals surface area contributed by atoms with Gasteiger partial charge in [0.2, 0.25) is 0 Å². The van der Waals surface area contributed by atoms with E-state index in [9.17, 15) is 9.90 Å². The summed E-state index contributed by atoms with van der Waals surface area (Å²) in [5.41, 5.74) is -0.540. The standard InChI is InChI=1S/C15H23N3O2/c1-12-2-4-15(5-3-12,14(19)20)11-17-8-9-18-7-6-16-13(18)10-17/h6-7,12H,2-5,8-11H2,1H3,(H,19,20). The van der Waals surface area contributed by atoms with Crippen LogP contribution in [0.3, 0.4) is 0 Å². The summed E-state index contributed by atoms with van der Waals surface area (Å²) >= 11 is 0. The highest BCUT2D eigenvalue weighted by atomic mass is 16.4. The third-order valence-electron chi connectivity index (χ3n) is 5.04. The van der Waals surface area contributed by atoms with E-state index in [4.69, 9.17) is 0 Å². The highest BCUT2D eigenvalue weighted by Gasteiger charge is 2.42. The summed E-state index contributed by atoms with van der Waals surface area (Å²) < 4.78 is 2.16. The maximum atomic E-state index is 11.8. The molecule has 110 valence electrons. The van der Waals surface area contributed by atoms with Gasteiger partial charge in [-0.25, -0.2) is 4.98 Å². The summed E-state index contributed by atoms with van der Waals surface area (Å²) in [5.74, 6) is 1.11. The van der Waals surface area contributed by atoms with Gasteiger partial charge in [0.1, 0.15) is 5.82 Å². The molecule has 0 bridgehead atoms. The summed E-state index contributed by atoms with van der Waals surface area (Å²) in [7, 11) is 0. The van der Waals surface area contributed by atoms with Crippen molar-refractivity contribution in [3.05, 3.63) is 18.2 Å². The highest BCUT2D eigenvalue weighted by Crippen LogP contribution is 2.40. The molecule has 5 nitrogen and oxygen atoms in total. The molecule has 0 atom stereocenters. The van der Waals surface area contributed by atoms with Crippen LogP contribution in [-0.4, -0.2) is 38.6 Å². The number of fused-ring (bicyclic) bond motifs is 1. The van der Waals surface area contributed by atoms with Gasteiger partial charge in [-0.3, -0.25) is 9.69 Å². The van der Waals surface area contributed by atoms with Crippen molar-refractivity contribution in [1.82, 2.24) is 14.5 Å². The smallest absolute Gasteiger partial charge is 0.310 e. The summed E-state index contributed by atoms with van der Waals surface area (Å²) in [6, 6.07) is 0. The Morgan fingerprint density at radius 2 is 2.20 bits per heavy atom. The first kappa shape index (κ1) is 13.6. The van der Waals surface area contributed by atoms with Crippen molar-refractivity contribution >= 4 is 5.97 Å². The maximum absolute atomic E-state index is 11.8. The first-order chi connectivity index (χ1) is 9.59. The zero-order valence-corrected chi connectivity index (χ0v) is 12.1. The molecule has 1 saturated carbocycles. The van der Waals surface area contributed by atoms with E-state index < -0.39 is 11.4 Å².